The van der Waals surface area contributed by atoms with Gasteiger partial charge in [0, 0.05) is 45.4 Å². The molecule has 22 heteroatoms. The van der Waals surface area contributed by atoms with Crippen molar-refractivity contribution in [3.05, 3.63) is 0 Å². The topological polar surface area (TPSA) is 363 Å². The molecule has 22 nitrogen and oxygen atoms in total. The highest BCUT2D eigenvalue weighted by molar-refractivity contribution is 5.88. The van der Waals surface area contributed by atoms with Crippen LogP contribution in [0.25, 0.3) is 0 Å². The van der Waals surface area contributed by atoms with E-state index in [1.165, 1.54) is 101 Å². The number of unbranched alkanes of at least 4 members (excludes halogenated alkanes) is 22. The standard InChI is InChI=1S/C55H104N4O18/c1-3-5-7-9-11-13-15-17-19-21-23-25-37-76-46(66)32-29-41(55(75)77-38-26-24-22-20-18-16-14-12-10-8-6-4-2)58-44(64)30-31-45(65)59(35-27-33-56-53(73)51(71)49(69)47(67)42(62)39-60)36-28-34-57-54(74)52(72)50(70)48(68)43(63)40-61/h41-43,47-52,60-63,67-72H,3-40H2,1-2H3,(H,56,73)(H,57,74)(H,58,64)/t41-,42+,43+,47+,48+,49-,50-,51+,52+/m0/s1. The Balaban J connectivity index is 5.58. The van der Waals surface area contributed by atoms with E-state index in [4.69, 9.17) is 19.7 Å². The maximum Gasteiger partial charge on any atom is 0.328 e. The molecule has 0 spiro atoms. The Hall–Kier alpha value is -3.58. The lowest BCUT2D eigenvalue weighted by Gasteiger charge is -2.26. The number of carbonyl (C=O) groups excluding carboxylic acids is 6. The molecule has 0 aromatic rings. The van der Waals surface area contributed by atoms with Crippen LogP contribution in [0.3, 0.4) is 0 Å². The predicted octanol–water partition coefficient (Wildman–Crippen LogP) is 2.23. The first-order chi connectivity index (χ1) is 37.0. The van der Waals surface area contributed by atoms with Crippen LogP contribution >= 0.6 is 0 Å². The monoisotopic (exact) mass is 1110 g/mol. The Kier molecular flexibility index (Phi) is 46.1. The molecular weight excluding hydrogens is 1000 g/mol. The zero-order chi connectivity index (χ0) is 57.6. The van der Waals surface area contributed by atoms with Crippen molar-refractivity contribution < 1.29 is 89.3 Å². The summed E-state index contributed by atoms with van der Waals surface area (Å²) in [6.07, 6.45) is 10.0. The molecule has 9 atom stereocenters. The normalized spacial score (nSPS) is 15.0. The molecule has 0 saturated heterocycles. The number of amides is 4. The SMILES string of the molecule is CCCCCCCCCCCCCCOC(=O)CC[C@H](NC(=O)CCC(=O)N(CCCNC(=O)[C@H](O)[C@@H](O)[C@H](O)[C@H](O)CO)CCCNC(=O)[C@H](O)[C@@H](O)[C@H](O)[C@H](O)CO)C(=O)OCCCCCCCCCCCCCC. The van der Waals surface area contributed by atoms with Gasteiger partial charge in [-0.2, -0.15) is 0 Å². The van der Waals surface area contributed by atoms with Gasteiger partial charge in [-0.15, -0.1) is 0 Å². The molecule has 0 heterocycles. The second-order valence-electron chi connectivity index (χ2n) is 20.3. The van der Waals surface area contributed by atoms with Crippen LogP contribution in [0.4, 0.5) is 0 Å². The molecule has 0 radical (unpaired) electrons. The van der Waals surface area contributed by atoms with Crippen molar-refractivity contribution >= 4 is 35.6 Å². The Labute approximate surface area is 458 Å². The van der Waals surface area contributed by atoms with Crippen molar-refractivity contribution in [3.63, 3.8) is 0 Å². The first kappa shape index (κ1) is 73.4. The van der Waals surface area contributed by atoms with E-state index >= 15 is 0 Å². The maximum atomic E-state index is 13.6. The summed E-state index contributed by atoms with van der Waals surface area (Å²) in [5.41, 5.74) is 0. The third kappa shape index (κ3) is 37.1. The lowest BCUT2D eigenvalue weighted by molar-refractivity contribution is -0.150. The zero-order valence-corrected chi connectivity index (χ0v) is 46.8. The van der Waals surface area contributed by atoms with Crippen LogP contribution < -0.4 is 16.0 Å². The fourth-order valence-electron chi connectivity index (χ4n) is 8.46. The van der Waals surface area contributed by atoms with Gasteiger partial charge < -0.3 is 81.4 Å². The summed E-state index contributed by atoms with van der Waals surface area (Å²) < 4.78 is 11.0. The summed E-state index contributed by atoms with van der Waals surface area (Å²) in [6.45, 7) is 2.38. The highest BCUT2D eigenvalue weighted by atomic mass is 16.5. The highest BCUT2D eigenvalue weighted by Gasteiger charge is 2.35. The van der Waals surface area contributed by atoms with Gasteiger partial charge in [0.25, 0.3) is 11.8 Å². The lowest BCUT2D eigenvalue weighted by atomic mass is 10.0. The van der Waals surface area contributed by atoms with E-state index in [0.29, 0.717) is 12.8 Å². The number of carbonyl (C=O) groups is 6. The number of aliphatic hydroxyl groups is 10. The summed E-state index contributed by atoms with van der Waals surface area (Å²) in [5, 5.41) is 105. The average Bonchev–Trinajstić information content (AvgIpc) is 3.43. The molecule has 0 rings (SSSR count). The highest BCUT2D eigenvalue weighted by Crippen LogP contribution is 2.15. The van der Waals surface area contributed by atoms with Gasteiger partial charge in [0.1, 0.15) is 42.7 Å². The molecular formula is C55H104N4O18. The van der Waals surface area contributed by atoms with Crippen LogP contribution in [0.1, 0.15) is 206 Å². The lowest BCUT2D eigenvalue weighted by Crippen LogP contribution is -2.52. The third-order valence-corrected chi connectivity index (χ3v) is 13.5. The number of aliphatic hydroxyl groups excluding tert-OH is 10. The third-order valence-electron chi connectivity index (χ3n) is 13.5. The van der Waals surface area contributed by atoms with Crippen LogP contribution in [-0.2, 0) is 38.2 Å². The van der Waals surface area contributed by atoms with Crippen LogP contribution in [0, 0.1) is 0 Å². The van der Waals surface area contributed by atoms with Crippen molar-refractivity contribution in [2.75, 3.05) is 52.6 Å². The van der Waals surface area contributed by atoms with E-state index in [1.54, 1.807) is 0 Å². The van der Waals surface area contributed by atoms with Crippen LogP contribution in [-0.4, -0.2) is 199 Å². The molecule has 0 fully saturated rings. The summed E-state index contributed by atoms with van der Waals surface area (Å²) >= 11 is 0. The molecule has 77 heavy (non-hydrogen) atoms. The van der Waals surface area contributed by atoms with Crippen molar-refractivity contribution in [2.45, 2.75) is 261 Å². The molecule has 452 valence electrons. The van der Waals surface area contributed by atoms with Gasteiger partial charge in [0.15, 0.2) is 12.2 Å². The number of esters is 2. The minimum absolute atomic E-state index is 0.0408. The molecule has 0 aromatic carbocycles. The second-order valence-corrected chi connectivity index (χ2v) is 20.3. The first-order valence-electron chi connectivity index (χ1n) is 29.1. The number of hydrogen-bond donors (Lipinski definition) is 13. The molecule has 4 amide bonds. The largest absolute Gasteiger partial charge is 0.466 e. The van der Waals surface area contributed by atoms with Gasteiger partial charge in [0.05, 0.1) is 26.4 Å². The van der Waals surface area contributed by atoms with Crippen molar-refractivity contribution in [1.82, 2.24) is 20.9 Å². The van der Waals surface area contributed by atoms with E-state index in [0.717, 1.165) is 44.9 Å². The van der Waals surface area contributed by atoms with E-state index in [1.807, 2.05) is 0 Å². The number of ether oxygens (including phenoxy) is 2. The Bertz CT molecular complexity index is 1480. The van der Waals surface area contributed by atoms with E-state index < -0.39 is 110 Å². The van der Waals surface area contributed by atoms with Crippen molar-refractivity contribution in [3.8, 4) is 0 Å². The molecule has 0 aromatic heterocycles. The second kappa shape index (κ2) is 48.3. The number of nitrogens with one attached hydrogen (secondary N) is 3. The van der Waals surface area contributed by atoms with Crippen LogP contribution in [0.2, 0.25) is 0 Å². The van der Waals surface area contributed by atoms with Crippen LogP contribution in [0.15, 0.2) is 0 Å². The molecule has 0 saturated carbocycles. The van der Waals surface area contributed by atoms with Gasteiger partial charge in [0.2, 0.25) is 11.8 Å². The van der Waals surface area contributed by atoms with Gasteiger partial charge in [-0.3, -0.25) is 24.0 Å². The molecule has 0 aliphatic carbocycles. The average molecular weight is 1110 g/mol. The van der Waals surface area contributed by atoms with E-state index in [-0.39, 0.29) is 71.5 Å². The van der Waals surface area contributed by atoms with Gasteiger partial charge >= 0.3 is 11.9 Å². The zero-order valence-electron chi connectivity index (χ0n) is 46.8. The van der Waals surface area contributed by atoms with E-state index in [2.05, 4.69) is 29.8 Å². The smallest absolute Gasteiger partial charge is 0.328 e. The molecule has 0 aliphatic rings. The molecule has 0 aliphatic heterocycles. The Morgan fingerprint density at radius 1 is 0.442 bits per heavy atom. The van der Waals surface area contributed by atoms with Gasteiger partial charge in [-0.1, -0.05) is 155 Å². The first-order valence-corrected chi connectivity index (χ1v) is 29.1. The fraction of sp³-hybridized carbons (Fsp3) is 0.891. The fourth-order valence-corrected chi connectivity index (χ4v) is 8.46. The van der Waals surface area contributed by atoms with Crippen LogP contribution in [0.5, 0.6) is 0 Å². The van der Waals surface area contributed by atoms with E-state index in [9.17, 15) is 69.6 Å². The number of rotatable bonds is 52. The number of hydrogen-bond acceptors (Lipinski definition) is 18. The van der Waals surface area contributed by atoms with Crippen molar-refractivity contribution in [2.24, 2.45) is 0 Å². The van der Waals surface area contributed by atoms with Crippen molar-refractivity contribution in [1.29, 1.82) is 0 Å². The summed E-state index contributed by atoms with van der Waals surface area (Å²) in [6, 6.07) is -1.21. The summed E-state index contributed by atoms with van der Waals surface area (Å²) in [5.74, 6) is -4.76. The minimum Gasteiger partial charge on any atom is -0.466 e. The van der Waals surface area contributed by atoms with Gasteiger partial charge in [-0.05, 0) is 32.1 Å². The maximum absolute atomic E-state index is 13.6. The molecule has 0 bridgehead atoms. The minimum atomic E-state index is -2.20. The predicted molar refractivity (Wildman–Crippen MR) is 289 cm³/mol. The Morgan fingerprint density at radius 2 is 0.805 bits per heavy atom. The molecule has 0 unspecified atom stereocenters. The summed E-state index contributed by atoms with van der Waals surface area (Å²) in [7, 11) is 0. The summed E-state index contributed by atoms with van der Waals surface area (Å²) in [4.78, 5) is 79.4. The Morgan fingerprint density at radius 3 is 1.18 bits per heavy atom. The number of nitrogens with zero attached hydrogens (tertiary/aromatic N) is 1. The quantitative estimate of drug-likeness (QED) is 0.0307. The van der Waals surface area contributed by atoms with Gasteiger partial charge in [-0.25, -0.2) is 4.79 Å². The molecule has 13 N–H and O–H groups in total.